The Morgan fingerprint density at radius 1 is 0.646 bits per heavy atom. The lowest BCUT2D eigenvalue weighted by molar-refractivity contribution is 0.363. The lowest BCUT2D eigenvalue weighted by atomic mass is 9.85. The van der Waals surface area contributed by atoms with Crippen LogP contribution < -0.4 is 9.92 Å². The van der Waals surface area contributed by atoms with Crippen LogP contribution in [0.2, 0.25) is 13.1 Å². The Kier molecular flexibility index (Phi) is 8.71. The second-order valence-electron chi connectivity index (χ2n) is 16.5. The SMILES string of the molecule is C=CCOc1c(C)cc(C)cc1[Si](C)(C)C1c2cc(-c3cccc(C(C)(C)C)c3)ccc2-c2ccc(-c3cccc(C(C)(C)C)c3)cc21. The Balaban J connectivity index is 1.58. The standard InChI is InChI=1S/C46H52OSi/c1-12-23-47-43-31(3)24-30(2)25-42(43)48(10,11)44-40-28-34(32-15-13-17-36(26-32)45(4,5)6)19-21-38(40)39-22-20-35(29-41(39)44)33-16-14-18-37(27-33)46(7,8)9/h12-22,24-29,44H,1,23H2,2-11H3. The van der Waals surface area contributed by atoms with Crippen molar-refractivity contribution in [2.75, 3.05) is 6.61 Å². The van der Waals surface area contributed by atoms with Gasteiger partial charge in [0.2, 0.25) is 0 Å². The van der Waals surface area contributed by atoms with Gasteiger partial charge < -0.3 is 4.74 Å². The van der Waals surface area contributed by atoms with Gasteiger partial charge in [0.15, 0.2) is 0 Å². The van der Waals surface area contributed by atoms with Gasteiger partial charge in [0.25, 0.3) is 0 Å². The van der Waals surface area contributed by atoms with Crippen LogP contribution in [-0.4, -0.2) is 14.7 Å². The van der Waals surface area contributed by atoms with Crippen molar-refractivity contribution >= 4 is 13.3 Å². The Labute approximate surface area is 290 Å². The highest BCUT2D eigenvalue weighted by Crippen LogP contribution is 2.51. The highest BCUT2D eigenvalue weighted by atomic mass is 28.3. The van der Waals surface area contributed by atoms with Crippen LogP contribution in [0.4, 0.5) is 0 Å². The third-order valence-electron chi connectivity index (χ3n) is 10.3. The summed E-state index contributed by atoms with van der Waals surface area (Å²) in [5, 5.41) is 1.38. The Bertz CT molecular complexity index is 1910. The van der Waals surface area contributed by atoms with E-state index in [0.717, 1.165) is 5.75 Å². The van der Waals surface area contributed by atoms with E-state index in [4.69, 9.17) is 4.74 Å². The zero-order valence-electron chi connectivity index (χ0n) is 30.7. The number of hydrogen-bond acceptors (Lipinski definition) is 1. The maximum atomic E-state index is 6.49. The molecular formula is C46H52OSi. The fourth-order valence-electron chi connectivity index (χ4n) is 7.65. The van der Waals surface area contributed by atoms with Gasteiger partial charge in [-0.05, 0) is 91.1 Å². The van der Waals surface area contributed by atoms with Crippen LogP contribution in [0.3, 0.4) is 0 Å². The van der Waals surface area contributed by atoms with E-state index in [1.54, 1.807) is 0 Å². The molecule has 0 unspecified atom stereocenters. The predicted molar refractivity (Wildman–Crippen MR) is 211 cm³/mol. The van der Waals surface area contributed by atoms with E-state index in [1.165, 1.54) is 71.9 Å². The second kappa shape index (κ2) is 12.4. The van der Waals surface area contributed by atoms with Gasteiger partial charge in [-0.3, -0.25) is 0 Å². The van der Waals surface area contributed by atoms with Gasteiger partial charge in [-0.1, -0.05) is 170 Å². The molecule has 1 aliphatic carbocycles. The summed E-state index contributed by atoms with van der Waals surface area (Å²) in [5.74, 6) is 1.04. The highest BCUT2D eigenvalue weighted by molar-refractivity contribution is 6.92. The van der Waals surface area contributed by atoms with Crippen LogP contribution in [0, 0.1) is 13.8 Å². The molecule has 246 valence electrons. The van der Waals surface area contributed by atoms with E-state index in [1.807, 2.05) is 6.08 Å². The summed E-state index contributed by atoms with van der Waals surface area (Å²) in [6, 6.07) is 37.3. The van der Waals surface area contributed by atoms with E-state index in [-0.39, 0.29) is 16.4 Å². The van der Waals surface area contributed by atoms with Crippen molar-refractivity contribution in [1.82, 2.24) is 0 Å². The molecule has 1 nitrogen and oxygen atoms in total. The average Bonchev–Trinajstić information content (AvgIpc) is 3.37. The molecule has 0 atom stereocenters. The maximum Gasteiger partial charge on any atom is 0.121 e. The predicted octanol–water partition coefficient (Wildman–Crippen LogP) is 12.1. The van der Waals surface area contributed by atoms with Crippen LogP contribution in [0.1, 0.15) is 80.5 Å². The average molecular weight is 649 g/mol. The van der Waals surface area contributed by atoms with Gasteiger partial charge in [-0.2, -0.15) is 0 Å². The van der Waals surface area contributed by atoms with Crippen LogP contribution in [0.15, 0.2) is 110 Å². The number of benzene rings is 5. The molecule has 6 rings (SSSR count). The lowest BCUT2D eigenvalue weighted by Crippen LogP contribution is -2.48. The van der Waals surface area contributed by atoms with Crippen LogP contribution >= 0.6 is 0 Å². The van der Waals surface area contributed by atoms with E-state index in [9.17, 15) is 0 Å². The number of aryl methyl sites for hydroxylation is 2. The van der Waals surface area contributed by atoms with Gasteiger partial charge in [-0.15, -0.1) is 0 Å². The molecule has 2 heteroatoms. The summed E-state index contributed by atoms with van der Waals surface area (Å²) in [6.45, 7) is 27.7. The highest BCUT2D eigenvalue weighted by Gasteiger charge is 2.44. The first-order valence-electron chi connectivity index (χ1n) is 17.4. The molecule has 0 saturated carbocycles. The minimum Gasteiger partial charge on any atom is -0.489 e. The quantitative estimate of drug-likeness (QED) is 0.126. The zero-order valence-corrected chi connectivity index (χ0v) is 31.7. The summed E-state index contributed by atoms with van der Waals surface area (Å²) in [7, 11) is -2.29. The Hall–Kier alpha value is -4.14. The molecule has 0 amide bonds. The molecule has 5 aromatic rings. The van der Waals surface area contributed by atoms with Crippen LogP contribution in [0.5, 0.6) is 5.75 Å². The minimum absolute atomic E-state index is 0.0893. The van der Waals surface area contributed by atoms with Crippen molar-refractivity contribution < 1.29 is 4.74 Å². The number of hydrogen-bond donors (Lipinski definition) is 0. The van der Waals surface area contributed by atoms with Gasteiger partial charge in [0.1, 0.15) is 12.4 Å². The molecule has 0 aromatic heterocycles. The van der Waals surface area contributed by atoms with Crippen LogP contribution in [0.25, 0.3) is 33.4 Å². The third-order valence-corrected chi connectivity index (χ3v) is 14.1. The van der Waals surface area contributed by atoms with Crippen molar-refractivity contribution in [1.29, 1.82) is 0 Å². The van der Waals surface area contributed by atoms with Crippen molar-refractivity contribution in [3.63, 3.8) is 0 Å². The Morgan fingerprint density at radius 2 is 1.12 bits per heavy atom. The molecule has 48 heavy (non-hydrogen) atoms. The summed E-state index contributed by atoms with van der Waals surface area (Å²) >= 11 is 0. The molecule has 0 saturated heterocycles. The number of rotatable bonds is 7. The fraction of sp³-hybridized carbons (Fsp3) is 0.304. The van der Waals surface area contributed by atoms with Crippen LogP contribution in [-0.2, 0) is 10.8 Å². The van der Waals surface area contributed by atoms with Gasteiger partial charge in [0, 0.05) is 5.54 Å². The van der Waals surface area contributed by atoms with Gasteiger partial charge in [-0.25, -0.2) is 0 Å². The molecule has 0 spiro atoms. The molecule has 0 radical (unpaired) electrons. The van der Waals surface area contributed by atoms with E-state index >= 15 is 0 Å². The molecule has 0 N–H and O–H groups in total. The molecule has 0 fully saturated rings. The first-order valence-corrected chi connectivity index (χ1v) is 20.5. The maximum absolute atomic E-state index is 6.49. The fourth-order valence-corrected chi connectivity index (χ4v) is 11.4. The third kappa shape index (κ3) is 6.24. The number of fused-ring (bicyclic) bond motifs is 3. The second-order valence-corrected chi connectivity index (χ2v) is 21.0. The van der Waals surface area contributed by atoms with Crippen molar-refractivity contribution in [2.45, 2.75) is 84.9 Å². The molecule has 5 aromatic carbocycles. The van der Waals surface area contributed by atoms with E-state index in [0.29, 0.717) is 6.61 Å². The first kappa shape index (κ1) is 33.7. The zero-order chi connectivity index (χ0) is 34.6. The van der Waals surface area contributed by atoms with Gasteiger partial charge in [0.05, 0.1) is 8.07 Å². The monoisotopic (exact) mass is 648 g/mol. The minimum atomic E-state index is -2.29. The molecule has 0 bridgehead atoms. The van der Waals surface area contributed by atoms with E-state index in [2.05, 4.69) is 172 Å². The summed E-state index contributed by atoms with van der Waals surface area (Å²) in [4.78, 5) is 0. The largest absolute Gasteiger partial charge is 0.489 e. The van der Waals surface area contributed by atoms with Crippen molar-refractivity contribution in [2.24, 2.45) is 0 Å². The summed E-state index contributed by atoms with van der Waals surface area (Å²) in [6.07, 6.45) is 1.85. The van der Waals surface area contributed by atoms with Gasteiger partial charge >= 0.3 is 0 Å². The van der Waals surface area contributed by atoms with Crippen molar-refractivity contribution in [3.05, 3.63) is 143 Å². The van der Waals surface area contributed by atoms with E-state index < -0.39 is 8.07 Å². The topological polar surface area (TPSA) is 9.23 Å². The first-order chi connectivity index (χ1) is 22.6. The van der Waals surface area contributed by atoms with Crippen molar-refractivity contribution in [3.8, 4) is 39.1 Å². The Morgan fingerprint density at radius 3 is 1.58 bits per heavy atom. The smallest absolute Gasteiger partial charge is 0.121 e. The molecule has 1 aliphatic rings. The summed E-state index contributed by atoms with van der Waals surface area (Å²) < 4.78 is 6.49. The molecule has 0 aliphatic heterocycles. The normalized spacial score (nSPS) is 13.3. The molecule has 0 heterocycles. The lowest BCUT2D eigenvalue weighted by Gasteiger charge is -2.34. The molecular weight excluding hydrogens is 597 g/mol. The number of ether oxygens (including phenoxy) is 1. The summed E-state index contributed by atoms with van der Waals surface area (Å²) in [5.41, 5.74) is 16.4.